The van der Waals surface area contributed by atoms with E-state index in [4.69, 9.17) is 4.74 Å². The Morgan fingerprint density at radius 3 is 2.88 bits per heavy atom. The number of carbonyl (C=O) groups is 1. The molecule has 3 rings (SSSR count). The summed E-state index contributed by atoms with van der Waals surface area (Å²) < 4.78 is 5.59. The molecule has 80 valence electrons. The molecule has 1 fully saturated rings. The van der Waals surface area contributed by atoms with Crippen molar-refractivity contribution < 1.29 is 9.53 Å². The van der Waals surface area contributed by atoms with Crippen molar-refractivity contribution in [2.75, 3.05) is 6.61 Å². The van der Waals surface area contributed by atoms with E-state index in [1.807, 2.05) is 18.2 Å². The van der Waals surface area contributed by atoms with Crippen LogP contribution in [0.3, 0.4) is 0 Å². The number of rotatable bonds is 1. The predicted molar refractivity (Wildman–Crippen MR) is 57.2 cm³/mol. The maximum atomic E-state index is 11.2. The Hall–Kier alpha value is -1.82. The summed E-state index contributed by atoms with van der Waals surface area (Å²) in [6, 6.07) is 8.18. The van der Waals surface area contributed by atoms with Gasteiger partial charge >= 0.3 is 0 Å². The lowest BCUT2D eigenvalue weighted by Crippen LogP contribution is -2.40. The summed E-state index contributed by atoms with van der Waals surface area (Å²) in [6.45, 7) is 0.682. The van der Waals surface area contributed by atoms with E-state index in [2.05, 4.69) is 6.07 Å². The van der Waals surface area contributed by atoms with Crippen LogP contribution in [0, 0.1) is 11.3 Å². The first kappa shape index (κ1) is 9.41. The van der Waals surface area contributed by atoms with Crippen molar-refractivity contribution in [1.29, 1.82) is 5.26 Å². The molecule has 16 heavy (non-hydrogen) atoms. The number of Topliss-reactive ketones (excluding diaryl/α,β-unsaturated/α-hetero) is 1. The second-order valence-electron chi connectivity index (χ2n) is 4.48. The van der Waals surface area contributed by atoms with Gasteiger partial charge in [-0.15, -0.1) is 0 Å². The monoisotopic (exact) mass is 213 g/mol. The average Bonchev–Trinajstić information content (AvgIpc) is 2.72. The molecule has 0 aromatic heterocycles. The maximum Gasteiger partial charge on any atom is 0.136 e. The SMILES string of the molecule is N#CC1(c2cccc3c2OCC3)CC(=O)C1. The first-order valence-electron chi connectivity index (χ1n) is 5.43. The Morgan fingerprint density at radius 2 is 2.19 bits per heavy atom. The fraction of sp³-hybridized carbons (Fsp3) is 0.385. The van der Waals surface area contributed by atoms with Crippen LogP contribution in [0.5, 0.6) is 5.75 Å². The molecule has 2 aliphatic rings. The lowest BCUT2D eigenvalue weighted by molar-refractivity contribution is -0.126. The molecule has 0 bridgehead atoms. The largest absolute Gasteiger partial charge is 0.493 e. The van der Waals surface area contributed by atoms with Gasteiger partial charge in [0.15, 0.2) is 0 Å². The lowest BCUT2D eigenvalue weighted by Gasteiger charge is -2.34. The van der Waals surface area contributed by atoms with Crippen molar-refractivity contribution in [3.8, 4) is 11.8 Å². The molecule has 1 aromatic carbocycles. The molecule has 1 heterocycles. The number of nitrogens with zero attached hydrogens (tertiary/aromatic N) is 1. The van der Waals surface area contributed by atoms with E-state index in [1.165, 1.54) is 0 Å². The van der Waals surface area contributed by atoms with Crippen LogP contribution in [0.25, 0.3) is 0 Å². The van der Waals surface area contributed by atoms with E-state index in [0.717, 1.165) is 23.3 Å². The summed E-state index contributed by atoms with van der Waals surface area (Å²) in [6.07, 6.45) is 1.57. The fourth-order valence-corrected chi connectivity index (χ4v) is 2.54. The summed E-state index contributed by atoms with van der Waals surface area (Å²) in [5, 5.41) is 9.28. The second-order valence-corrected chi connectivity index (χ2v) is 4.48. The van der Waals surface area contributed by atoms with Crippen molar-refractivity contribution in [2.24, 2.45) is 0 Å². The maximum absolute atomic E-state index is 11.2. The molecule has 0 radical (unpaired) electrons. The molecule has 1 aromatic rings. The van der Waals surface area contributed by atoms with E-state index in [-0.39, 0.29) is 5.78 Å². The van der Waals surface area contributed by atoms with Gasteiger partial charge in [-0.05, 0) is 5.56 Å². The highest BCUT2D eigenvalue weighted by atomic mass is 16.5. The van der Waals surface area contributed by atoms with Gasteiger partial charge in [-0.1, -0.05) is 18.2 Å². The molecule has 1 aliphatic heterocycles. The van der Waals surface area contributed by atoms with Crippen LogP contribution in [0.15, 0.2) is 18.2 Å². The van der Waals surface area contributed by atoms with Crippen LogP contribution in [0.2, 0.25) is 0 Å². The summed E-state index contributed by atoms with van der Waals surface area (Å²) in [7, 11) is 0. The smallest absolute Gasteiger partial charge is 0.136 e. The molecule has 0 unspecified atom stereocenters. The highest BCUT2D eigenvalue weighted by molar-refractivity contribution is 5.90. The number of para-hydroxylation sites is 1. The van der Waals surface area contributed by atoms with Gasteiger partial charge in [0.05, 0.1) is 18.1 Å². The van der Waals surface area contributed by atoms with Gasteiger partial charge in [0, 0.05) is 24.8 Å². The third-order valence-corrected chi connectivity index (χ3v) is 3.44. The third kappa shape index (κ3) is 1.10. The highest BCUT2D eigenvalue weighted by Crippen LogP contribution is 2.46. The molecular weight excluding hydrogens is 202 g/mol. The van der Waals surface area contributed by atoms with Crippen LogP contribution in [0.4, 0.5) is 0 Å². The number of fused-ring (bicyclic) bond motifs is 1. The molecule has 0 spiro atoms. The average molecular weight is 213 g/mol. The van der Waals surface area contributed by atoms with Crippen LogP contribution in [-0.4, -0.2) is 12.4 Å². The van der Waals surface area contributed by atoms with Crippen LogP contribution >= 0.6 is 0 Å². The van der Waals surface area contributed by atoms with Crippen LogP contribution < -0.4 is 4.74 Å². The molecule has 3 nitrogen and oxygen atoms in total. The minimum Gasteiger partial charge on any atom is -0.493 e. The zero-order chi connectivity index (χ0) is 11.2. The van der Waals surface area contributed by atoms with E-state index in [9.17, 15) is 10.1 Å². The Bertz CT molecular complexity index is 505. The Labute approximate surface area is 93.6 Å². The summed E-state index contributed by atoms with van der Waals surface area (Å²) in [5.41, 5.74) is 1.45. The van der Waals surface area contributed by atoms with Crippen molar-refractivity contribution >= 4 is 5.78 Å². The number of ketones is 1. The molecule has 0 N–H and O–H groups in total. The minimum absolute atomic E-state index is 0.164. The van der Waals surface area contributed by atoms with Gasteiger partial charge in [0.25, 0.3) is 0 Å². The van der Waals surface area contributed by atoms with E-state index >= 15 is 0 Å². The number of carbonyl (C=O) groups excluding carboxylic acids is 1. The molecular formula is C13H11NO2. The van der Waals surface area contributed by atoms with Crippen molar-refractivity contribution in [3.63, 3.8) is 0 Å². The first-order valence-corrected chi connectivity index (χ1v) is 5.43. The van der Waals surface area contributed by atoms with Crippen molar-refractivity contribution in [1.82, 2.24) is 0 Å². The van der Waals surface area contributed by atoms with Gasteiger partial charge < -0.3 is 4.74 Å². The third-order valence-electron chi connectivity index (χ3n) is 3.44. The number of hydrogen-bond acceptors (Lipinski definition) is 3. The number of ether oxygens (including phenoxy) is 1. The zero-order valence-corrected chi connectivity index (χ0v) is 8.82. The summed E-state index contributed by atoms with van der Waals surface area (Å²) >= 11 is 0. The molecule has 0 atom stereocenters. The van der Waals surface area contributed by atoms with Crippen LogP contribution in [-0.2, 0) is 16.6 Å². The second kappa shape index (κ2) is 3.08. The molecule has 0 amide bonds. The van der Waals surface area contributed by atoms with E-state index in [0.29, 0.717) is 19.4 Å². The van der Waals surface area contributed by atoms with Gasteiger partial charge in [-0.3, -0.25) is 4.79 Å². The minimum atomic E-state index is -0.618. The quantitative estimate of drug-likeness (QED) is 0.714. The highest BCUT2D eigenvalue weighted by Gasteiger charge is 2.47. The van der Waals surface area contributed by atoms with Gasteiger partial charge in [0.2, 0.25) is 0 Å². The van der Waals surface area contributed by atoms with E-state index < -0.39 is 5.41 Å². The first-order chi connectivity index (χ1) is 7.75. The lowest BCUT2D eigenvalue weighted by atomic mass is 9.64. The zero-order valence-electron chi connectivity index (χ0n) is 8.82. The van der Waals surface area contributed by atoms with Crippen LogP contribution in [0.1, 0.15) is 24.0 Å². The van der Waals surface area contributed by atoms with Gasteiger partial charge in [-0.25, -0.2) is 0 Å². The predicted octanol–water partition coefficient (Wildman–Crippen LogP) is 1.75. The number of benzene rings is 1. The van der Waals surface area contributed by atoms with Gasteiger partial charge in [0.1, 0.15) is 11.5 Å². The molecule has 1 aliphatic carbocycles. The molecule has 0 saturated heterocycles. The Balaban J connectivity index is 2.11. The number of hydrogen-bond donors (Lipinski definition) is 0. The van der Waals surface area contributed by atoms with Crippen molar-refractivity contribution in [3.05, 3.63) is 29.3 Å². The molecule has 3 heteroatoms. The number of nitriles is 1. The topological polar surface area (TPSA) is 50.1 Å². The standard InChI is InChI=1S/C13H11NO2/c14-8-13(6-10(15)7-13)11-3-1-2-9-4-5-16-12(9)11/h1-3H,4-7H2. The summed E-state index contributed by atoms with van der Waals surface area (Å²) in [4.78, 5) is 11.2. The summed E-state index contributed by atoms with van der Waals surface area (Å²) in [5.74, 6) is 1.01. The Kier molecular flexibility index (Phi) is 1.81. The Morgan fingerprint density at radius 1 is 1.38 bits per heavy atom. The van der Waals surface area contributed by atoms with E-state index in [1.54, 1.807) is 0 Å². The molecule has 1 saturated carbocycles. The van der Waals surface area contributed by atoms with Gasteiger partial charge in [-0.2, -0.15) is 5.26 Å². The fourth-order valence-electron chi connectivity index (χ4n) is 2.54. The normalized spacial score (nSPS) is 20.6. The van der Waals surface area contributed by atoms with Crippen molar-refractivity contribution in [2.45, 2.75) is 24.7 Å².